The number of hydrazine groups is 1. The lowest BCUT2D eigenvalue weighted by Gasteiger charge is -2.35. The van der Waals surface area contributed by atoms with Crippen LogP contribution in [0, 0.1) is 12.7 Å². The first-order chi connectivity index (χ1) is 19.4. The number of rotatable bonds is 7. The van der Waals surface area contributed by atoms with Gasteiger partial charge >= 0.3 is 6.09 Å². The SMILES string of the molecule is Cc1cc(C(=O)NNC(=O)c2cc(F)c(OC[C@H]3[C@@H](C)OC(C)(C)N3C(=O)OC(C)(C)C)cc2Cl)cc(NC(C)C)n1. The maximum Gasteiger partial charge on any atom is 0.413 e. The number of nitrogens with one attached hydrogen (secondary N) is 3. The monoisotopic (exact) mass is 607 g/mol. The Labute approximate surface area is 250 Å². The zero-order valence-corrected chi connectivity index (χ0v) is 26.1. The van der Waals surface area contributed by atoms with Gasteiger partial charge in [0.05, 0.1) is 22.7 Å². The number of halogens is 2. The number of nitrogens with zero attached hydrogens (tertiary/aromatic N) is 2. The van der Waals surface area contributed by atoms with Gasteiger partial charge < -0.3 is 19.5 Å². The van der Waals surface area contributed by atoms with Crippen molar-refractivity contribution in [2.24, 2.45) is 0 Å². The molecule has 3 N–H and O–H groups in total. The van der Waals surface area contributed by atoms with E-state index in [0.29, 0.717) is 11.5 Å². The van der Waals surface area contributed by atoms with Gasteiger partial charge in [-0.3, -0.25) is 25.3 Å². The summed E-state index contributed by atoms with van der Waals surface area (Å²) in [5.74, 6) is -2.00. The first-order valence-corrected chi connectivity index (χ1v) is 13.9. The van der Waals surface area contributed by atoms with Crippen molar-refractivity contribution < 1.29 is 33.0 Å². The van der Waals surface area contributed by atoms with E-state index in [1.165, 1.54) is 4.90 Å². The van der Waals surface area contributed by atoms with Crippen LogP contribution in [0.25, 0.3) is 0 Å². The van der Waals surface area contributed by atoms with E-state index in [2.05, 4.69) is 21.2 Å². The van der Waals surface area contributed by atoms with Crippen LogP contribution in [-0.2, 0) is 9.47 Å². The highest BCUT2D eigenvalue weighted by molar-refractivity contribution is 6.34. The maximum absolute atomic E-state index is 15.0. The standard InChI is InChI=1S/C29H39ClFN5O6/c1-15(2)32-24-11-18(10-16(3)33-24)25(37)34-35-26(38)19-12-21(31)23(13-20(19)30)40-14-22-17(4)41-29(8,9)36(22)27(39)42-28(5,6)7/h10-13,15,17,22H,14H2,1-9H3,(H,32,33)(H,34,37)(H,35,38)/t17-,22+/m1/s1. The number of aromatic nitrogens is 1. The number of anilines is 1. The predicted octanol–water partition coefficient (Wildman–Crippen LogP) is 5.22. The van der Waals surface area contributed by atoms with Crippen LogP contribution in [0.3, 0.4) is 0 Å². The molecular formula is C29H39ClFN5O6. The Bertz CT molecular complexity index is 1350. The second-order valence-corrected chi connectivity index (χ2v) is 12.3. The molecule has 0 bridgehead atoms. The lowest BCUT2D eigenvalue weighted by atomic mass is 10.1. The van der Waals surface area contributed by atoms with Gasteiger partial charge in [-0.05, 0) is 80.5 Å². The summed E-state index contributed by atoms with van der Waals surface area (Å²) in [6.45, 7) is 16.0. The topological polar surface area (TPSA) is 131 Å². The molecule has 2 heterocycles. The molecule has 1 aliphatic rings. The van der Waals surface area contributed by atoms with Crippen LogP contribution in [-0.4, -0.2) is 63.9 Å². The van der Waals surface area contributed by atoms with Crippen molar-refractivity contribution in [2.75, 3.05) is 11.9 Å². The zero-order valence-electron chi connectivity index (χ0n) is 25.3. The summed E-state index contributed by atoms with van der Waals surface area (Å²) in [5, 5.41) is 3.01. The quantitative estimate of drug-likeness (QED) is 0.365. The van der Waals surface area contributed by atoms with E-state index in [0.717, 1.165) is 12.1 Å². The molecule has 1 aromatic carbocycles. The summed E-state index contributed by atoms with van der Waals surface area (Å²) < 4.78 is 32.2. The second kappa shape index (κ2) is 12.7. The molecule has 2 atom stereocenters. The molecule has 1 fully saturated rings. The van der Waals surface area contributed by atoms with Crippen LogP contribution in [0.1, 0.15) is 81.8 Å². The van der Waals surface area contributed by atoms with Crippen molar-refractivity contribution in [3.63, 3.8) is 0 Å². The summed E-state index contributed by atoms with van der Waals surface area (Å²) in [4.78, 5) is 44.1. The van der Waals surface area contributed by atoms with Crippen LogP contribution in [0.2, 0.25) is 5.02 Å². The van der Waals surface area contributed by atoms with Crippen LogP contribution in [0.15, 0.2) is 24.3 Å². The molecule has 0 spiro atoms. The van der Waals surface area contributed by atoms with Crippen molar-refractivity contribution in [3.8, 4) is 5.75 Å². The highest BCUT2D eigenvalue weighted by atomic mass is 35.5. The van der Waals surface area contributed by atoms with Gasteiger partial charge in [-0.2, -0.15) is 0 Å². The fourth-order valence-electron chi connectivity index (χ4n) is 4.49. The molecule has 0 unspecified atom stereocenters. The molecule has 230 valence electrons. The number of aryl methyl sites for hydroxylation is 1. The zero-order chi connectivity index (χ0) is 31.6. The molecule has 1 aliphatic heterocycles. The molecule has 11 nitrogen and oxygen atoms in total. The fraction of sp³-hybridized carbons (Fsp3) is 0.517. The van der Waals surface area contributed by atoms with Gasteiger partial charge in [0, 0.05) is 23.4 Å². The molecule has 0 saturated carbocycles. The molecule has 1 saturated heterocycles. The van der Waals surface area contributed by atoms with Gasteiger partial charge in [0.15, 0.2) is 11.6 Å². The van der Waals surface area contributed by atoms with Gasteiger partial charge in [0.2, 0.25) is 0 Å². The first-order valence-electron chi connectivity index (χ1n) is 13.6. The van der Waals surface area contributed by atoms with E-state index in [1.54, 1.807) is 60.6 Å². The Morgan fingerprint density at radius 1 is 1.14 bits per heavy atom. The third kappa shape index (κ3) is 8.22. The van der Waals surface area contributed by atoms with E-state index in [9.17, 15) is 14.4 Å². The van der Waals surface area contributed by atoms with Gasteiger partial charge in [-0.25, -0.2) is 14.2 Å². The Morgan fingerprint density at radius 2 is 1.79 bits per heavy atom. The summed E-state index contributed by atoms with van der Waals surface area (Å²) >= 11 is 6.29. The number of hydrogen-bond acceptors (Lipinski definition) is 8. The van der Waals surface area contributed by atoms with Gasteiger partial charge in [-0.15, -0.1) is 0 Å². The van der Waals surface area contributed by atoms with Crippen LogP contribution < -0.4 is 20.9 Å². The summed E-state index contributed by atoms with van der Waals surface area (Å²) in [6.07, 6.45) is -1.03. The number of carbonyl (C=O) groups excluding carboxylic acids is 3. The highest BCUT2D eigenvalue weighted by Gasteiger charge is 2.50. The van der Waals surface area contributed by atoms with Gasteiger partial charge in [-0.1, -0.05) is 11.6 Å². The average Bonchev–Trinajstić information content (AvgIpc) is 3.07. The third-order valence-corrected chi connectivity index (χ3v) is 6.45. The van der Waals surface area contributed by atoms with E-state index in [-0.39, 0.29) is 34.5 Å². The van der Waals surface area contributed by atoms with Crippen LogP contribution >= 0.6 is 11.6 Å². The second-order valence-electron chi connectivity index (χ2n) is 11.9. The third-order valence-electron chi connectivity index (χ3n) is 6.14. The van der Waals surface area contributed by atoms with Crippen molar-refractivity contribution in [1.29, 1.82) is 0 Å². The number of ether oxygens (including phenoxy) is 3. The van der Waals surface area contributed by atoms with Gasteiger partial charge in [0.1, 0.15) is 23.8 Å². The number of benzene rings is 1. The normalized spacial score (nSPS) is 18.0. The molecule has 3 rings (SSSR count). The first kappa shape index (κ1) is 32.9. The molecule has 42 heavy (non-hydrogen) atoms. The van der Waals surface area contributed by atoms with E-state index in [1.807, 2.05) is 13.8 Å². The molecule has 3 amide bonds. The Morgan fingerprint density at radius 3 is 2.40 bits per heavy atom. The maximum atomic E-state index is 15.0. The molecule has 0 aliphatic carbocycles. The molecule has 1 aromatic heterocycles. The van der Waals surface area contributed by atoms with E-state index in [4.69, 9.17) is 25.8 Å². The molecule has 0 radical (unpaired) electrons. The largest absolute Gasteiger partial charge is 0.488 e. The summed E-state index contributed by atoms with van der Waals surface area (Å²) in [7, 11) is 0. The Hall–Kier alpha value is -3.64. The predicted molar refractivity (Wildman–Crippen MR) is 156 cm³/mol. The lowest BCUT2D eigenvalue weighted by molar-refractivity contribution is -0.0760. The number of carbonyl (C=O) groups is 3. The fourth-order valence-corrected chi connectivity index (χ4v) is 4.73. The summed E-state index contributed by atoms with van der Waals surface area (Å²) in [5.41, 5.74) is 3.48. The number of pyridine rings is 1. The van der Waals surface area contributed by atoms with Crippen molar-refractivity contribution >= 4 is 35.3 Å². The summed E-state index contributed by atoms with van der Waals surface area (Å²) in [6, 6.07) is 4.68. The van der Waals surface area contributed by atoms with Crippen LogP contribution in [0.4, 0.5) is 15.0 Å². The number of hydrogen-bond donors (Lipinski definition) is 3. The molecule has 13 heteroatoms. The Kier molecular flexibility index (Phi) is 9.94. The number of amides is 3. The van der Waals surface area contributed by atoms with Crippen molar-refractivity contribution in [1.82, 2.24) is 20.7 Å². The molecule has 2 aromatic rings. The van der Waals surface area contributed by atoms with E-state index >= 15 is 4.39 Å². The highest BCUT2D eigenvalue weighted by Crippen LogP contribution is 2.35. The molecular weight excluding hydrogens is 569 g/mol. The van der Waals surface area contributed by atoms with Crippen molar-refractivity contribution in [3.05, 3.63) is 51.9 Å². The lowest BCUT2D eigenvalue weighted by Crippen LogP contribution is -2.52. The van der Waals surface area contributed by atoms with Crippen LogP contribution in [0.5, 0.6) is 5.75 Å². The average molecular weight is 608 g/mol. The van der Waals surface area contributed by atoms with Gasteiger partial charge in [0.25, 0.3) is 11.8 Å². The van der Waals surface area contributed by atoms with Crippen molar-refractivity contribution in [2.45, 2.75) is 91.8 Å². The smallest absolute Gasteiger partial charge is 0.413 e. The van der Waals surface area contributed by atoms with E-state index < -0.39 is 47.2 Å². The Balaban J connectivity index is 1.68. The minimum absolute atomic E-state index is 0.101. The minimum Gasteiger partial charge on any atom is -0.488 e. The minimum atomic E-state index is -0.986.